The zero-order valence-corrected chi connectivity index (χ0v) is 15.3. The van der Waals surface area contributed by atoms with Gasteiger partial charge in [-0.25, -0.2) is 0 Å². The third-order valence-electron chi connectivity index (χ3n) is 3.52. The first-order valence-corrected chi connectivity index (χ1v) is 9.05. The van der Waals surface area contributed by atoms with Gasteiger partial charge in [0.2, 0.25) is 0 Å². The topological polar surface area (TPSA) is 55.4 Å². The van der Waals surface area contributed by atoms with Crippen LogP contribution in [0.1, 0.15) is 36.7 Å². The highest BCUT2D eigenvalue weighted by Crippen LogP contribution is 2.21. The van der Waals surface area contributed by atoms with Crippen LogP contribution in [0.3, 0.4) is 0 Å². The van der Waals surface area contributed by atoms with Crippen molar-refractivity contribution in [1.29, 1.82) is 0 Å². The predicted molar refractivity (Wildman–Crippen MR) is 99.0 cm³/mol. The maximum Gasteiger partial charge on any atom is 0.259 e. The molecule has 128 valence electrons. The van der Waals surface area contributed by atoms with Crippen LogP contribution in [0, 0.1) is 0 Å². The molecule has 0 aromatic heterocycles. The molecule has 0 unspecified atom stereocenters. The second-order valence-corrected chi connectivity index (χ2v) is 8.66. The predicted octanol–water partition coefficient (Wildman–Crippen LogP) is 3.99. The third-order valence-corrected chi connectivity index (χ3v) is 5.48. The zero-order chi connectivity index (χ0) is 17.7. The van der Waals surface area contributed by atoms with E-state index in [1.807, 2.05) is 51.1 Å². The lowest BCUT2D eigenvalue weighted by molar-refractivity contribution is 0.102. The van der Waals surface area contributed by atoms with Crippen LogP contribution in [0.2, 0.25) is 0 Å². The molecule has 2 aromatic carbocycles. The van der Waals surface area contributed by atoms with Gasteiger partial charge in [-0.2, -0.15) is 0 Å². The van der Waals surface area contributed by atoms with E-state index in [1.165, 1.54) is 7.11 Å². The van der Waals surface area contributed by atoms with Crippen LogP contribution >= 0.6 is 0 Å². The maximum atomic E-state index is 12.4. The highest BCUT2D eigenvalue weighted by molar-refractivity contribution is 7.85. The average molecular weight is 345 g/mol. The summed E-state index contributed by atoms with van der Waals surface area (Å²) in [6.45, 7) is 5.86. The van der Waals surface area contributed by atoms with Crippen LogP contribution in [-0.2, 0) is 16.6 Å². The molecule has 5 heteroatoms. The summed E-state index contributed by atoms with van der Waals surface area (Å²) in [4.78, 5) is 12.4. The van der Waals surface area contributed by atoms with E-state index in [0.29, 0.717) is 22.8 Å². The Labute approximate surface area is 145 Å². The number of amides is 1. The van der Waals surface area contributed by atoms with E-state index in [1.54, 1.807) is 18.2 Å². The Balaban J connectivity index is 2.15. The van der Waals surface area contributed by atoms with E-state index in [4.69, 9.17) is 4.74 Å². The fraction of sp³-hybridized carbons (Fsp3) is 0.316. The summed E-state index contributed by atoms with van der Waals surface area (Å²) in [7, 11) is 0.553. The number of ether oxygens (including phenoxy) is 1. The lowest BCUT2D eigenvalue weighted by Crippen LogP contribution is -2.23. The molecule has 0 saturated carbocycles. The third kappa shape index (κ3) is 4.68. The summed E-state index contributed by atoms with van der Waals surface area (Å²) in [6, 6.07) is 14.5. The van der Waals surface area contributed by atoms with E-state index < -0.39 is 10.8 Å². The van der Waals surface area contributed by atoms with Gasteiger partial charge in [0, 0.05) is 27.0 Å². The number of hydrogen-bond donors (Lipinski definition) is 1. The summed E-state index contributed by atoms with van der Waals surface area (Å²) in [5, 5.41) is 2.87. The second-order valence-electron chi connectivity index (χ2n) is 6.46. The summed E-state index contributed by atoms with van der Waals surface area (Å²) >= 11 is 0. The summed E-state index contributed by atoms with van der Waals surface area (Å²) in [6.07, 6.45) is 0. The van der Waals surface area contributed by atoms with Gasteiger partial charge in [-0.15, -0.1) is 0 Å². The maximum absolute atomic E-state index is 12.4. The molecule has 0 aliphatic rings. The van der Waals surface area contributed by atoms with Gasteiger partial charge in [-0.05, 0) is 50.6 Å². The Morgan fingerprint density at radius 3 is 2.50 bits per heavy atom. The summed E-state index contributed by atoms with van der Waals surface area (Å²) in [5.74, 6) is 0.753. The SMILES string of the molecule is COc1ccccc1C(=O)Nc1cccc(C[S@](=O)C(C)(C)C)c1. The summed E-state index contributed by atoms with van der Waals surface area (Å²) < 4.78 is 17.2. The molecule has 0 heterocycles. The lowest BCUT2D eigenvalue weighted by atomic mass is 10.1. The largest absolute Gasteiger partial charge is 0.496 e. The molecule has 2 aromatic rings. The minimum absolute atomic E-state index is 0.235. The molecule has 1 N–H and O–H groups in total. The Hall–Kier alpha value is -2.14. The minimum atomic E-state index is -0.983. The fourth-order valence-corrected chi connectivity index (χ4v) is 3.05. The van der Waals surface area contributed by atoms with E-state index in [-0.39, 0.29) is 10.7 Å². The van der Waals surface area contributed by atoms with Crippen molar-refractivity contribution in [3.63, 3.8) is 0 Å². The highest BCUT2D eigenvalue weighted by Gasteiger charge is 2.19. The molecule has 1 amide bonds. The smallest absolute Gasteiger partial charge is 0.259 e. The van der Waals surface area contributed by atoms with E-state index in [0.717, 1.165) is 5.56 Å². The molecule has 0 aliphatic carbocycles. The zero-order valence-electron chi connectivity index (χ0n) is 14.5. The van der Waals surface area contributed by atoms with Crippen molar-refractivity contribution in [1.82, 2.24) is 0 Å². The number of carbonyl (C=O) groups is 1. The quantitative estimate of drug-likeness (QED) is 0.891. The van der Waals surface area contributed by atoms with Crippen molar-refractivity contribution in [3.05, 3.63) is 59.7 Å². The lowest BCUT2D eigenvalue weighted by Gasteiger charge is -2.18. The van der Waals surface area contributed by atoms with Crippen LogP contribution in [0.15, 0.2) is 48.5 Å². The van der Waals surface area contributed by atoms with E-state index in [2.05, 4.69) is 5.32 Å². The molecule has 24 heavy (non-hydrogen) atoms. The number of benzene rings is 2. The molecule has 0 bridgehead atoms. The summed E-state index contributed by atoms with van der Waals surface area (Å²) in [5.41, 5.74) is 2.08. The molecule has 0 spiro atoms. The molecule has 2 rings (SSSR count). The van der Waals surface area contributed by atoms with Gasteiger partial charge < -0.3 is 10.1 Å². The Bertz CT molecular complexity index is 750. The second kappa shape index (κ2) is 7.62. The number of rotatable bonds is 5. The van der Waals surface area contributed by atoms with Gasteiger partial charge >= 0.3 is 0 Å². The minimum Gasteiger partial charge on any atom is -0.496 e. The van der Waals surface area contributed by atoms with Gasteiger partial charge in [0.05, 0.1) is 12.7 Å². The van der Waals surface area contributed by atoms with Crippen LogP contribution in [0.25, 0.3) is 0 Å². The highest BCUT2D eigenvalue weighted by atomic mass is 32.2. The van der Waals surface area contributed by atoms with Crippen molar-refractivity contribution >= 4 is 22.4 Å². The van der Waals surface area contributed by atoms with Gasteiger partial charge in [0.25, 0.3) is 5.91 Å². The number of methoxy groups -OCH3 is 1. The van der Waals surface area contributed by atoms with Crippen molar-refractivity contribution in [2.24, 2.45) is 0 Å². The van der Waals surface area contributed by atoms with Gasteiger partial charge in [0.1, 0.15) is 5.75 Å². The molecule has 0 aliphatic heterocycles. The number of nitrogens with one attached hydrogen (secondary N) is 1. The Morgan fingerprint density at radius 1 is 1.12 bits per heavy atom. The monoisotopic (exact) mass is 345 g/mol. The number of anilines is 1. The first-order chi connectivity index (χ1) is 11.3. The van der Waals surface area contributed by atoms with E-state index >= 15 is 0 Å². The molecular formula is C19H23NO3S. The van der Waals surface area contributed by atoms with Crippen molar-refractivity contribution < 1.29 is 13.7 Å². The average Bonchev–Trinajstić information content (AvgIpc) is 2.54. The van der Waals surface area contributed by atoms with Crippen molar-refractivity contribution in [2.75, 3.05) is 12.4 Å². The Kier molecular flexibility index (Phi) is 5.78. The van der Waals surface area contributed by atoms with Gasteiger partial charge in [-0.1, -0.05) is 24.3 Å². The first-order valence-electron chi connectivity index (χ1n) is 7.73. The van der Waals surface area contributed by atoms with Crippen LogP contribution in [0.4, 0.5) is 5.69 Å². The molecule has 0 fully saturated rings. The molecule has 4 nitrogen and oxygen atoms in total. The molecule has 1 atom stereocenters. The van der Waals surface area contributed by atoms with Crippen LogP contribution in [-0.4, -0.2) is 22.0 Å². The van der Waals surface area contributed by atoms with Crippen LogP contribution in [0.5, 0.6) is 5.75 Å². The number of carbonyl (C=O) groups excluding carboxylic acids is 1. The van der Waals surface area contributed by atoms with E-state index in [9.17, 15) is 9.00 Å². The molecule has 0 saturated heterocycles. The van der Waals surface area contributed by atoms with Gasteiger partial charge in [-0.3, -0.25) is 9.00 Å². The number of hydrogen-bond acceptors (Lipinski definition) is 3. The van der Waals surface area contributed by atoms with Crippen molar-refractivity contribution in [2.45, 2.75) is 31.3 Å². The molecular weight excluding hydrogens is 322 g/mol. The van der Waals surface area contributed by atoms with Gasteiger partial charge in [0.15, 0.2) is 0 Å². The van der Waals surface area contributed by atoms with Crippen molar-refractivity contribution in [3.8, 4) is 5.75 Å². The first kappa shape index (κ1) is 18.2. The standard InChI is InChI=1S/C19H23NO3S/c1-19(2,3)24(22)13-14-8-7-9-15(12-14)20-18(21)16-10-5-6-11-17(16)23-4/h5-12H,13H2,1-4H3,(H,20,21)/t24-/m0/s1. The number of para-hydroxylation sites is 1. The fourth-order valence-electron chi connectivity index (χ4n) is 2.14. The van der Waals surface area contributed by atoms with Crippen LogP contribution < -0.4 is 10.1 Å². The molecule has 0 radical (unpaired) electrons. The Morgan fingerprint density at radius 2 is 1.83 bits per heavy atom. The normalized spacial score (nSPS) is 12.5.